The molecule has 0 aliphatic carbocycles. The lowest BCUT2D eigenvalue weighted by Gasteiger charge is -2.33. The number of rotatable bonds is 8. The Balaban J connectivity index is 1.45. The Labute approximate surface area is 268 Å². The van der Waals surface area contributed by atoms with E-state index in [-0.39, 0.29) is 39.2 Å². The Kier molecular flexibility index (Phi) is 8.84. The van der Waals surface area contributed by atoms with Gasteiger partial charge in [0.2, 0.25) is 0 Å². The largest absolute Gasteiger partial charge is 0.484 e. The van der Waals surface area contributed by atoms with Crippen LogP contribution in [0.5, 0.6) is 5.75 Å². The molecule has 0 radical (unpaired) electrons. The second-order valence-electron chi connectivity index (χ2n) is 11.4. The number of carbonyl (C=O) groups is 1. The number of likely N-dealkylation sites (tertiary alicyclic amines) is 1. The maximum Gasteiger partial charge on any atom is 0.422 e. The fraction of sp³-hybridized carbons (Fsp3) is 0.344. The van der Waals surface area contributed by atoms with Crippen molar-refractivity contribution in [3.8, 4) is 11.8 Å². The number of amides is 1. The number of ether oxygens (including phenoxy) is 1. The fourth-order valence-electron chi connectivity index (χ4n) is 6.22. The van der Waals surface area contributed by atoms with Crippen molar-refractivity contribution in [3.05, 3.63) is 94.4 Å². The standard InChI is InChI=1S/C32H31F3N6O5S/c33-32(34,35)21-46-25-7-9-26(10-8-25)47(44,45)41-27-11-6-22(19-36)18-28(27)40(31(41)43)29(23-4-2-1-3-5-23)30(42)39-15-12-24(20-39)38-16-13-37-14-17-38/h1-11,18,24,29,37H,12-17,20-21H2/t24-,29?/m0/s1. The monoisotopic (exact) mass is 668 g/mol. The first-order valence-electron chi connectivity index (χ1n) is 15.0. The highest BCUT2D eigenvalue weighted by Crippen LogP contribution is 2.30. The number of carbonyl (C=O) groups excluding carboxylic acids is 1. The Hall–Kier alpha value is -4.65. The molecule has 6 rings (SSSR count). The highest BCUT2D eigenvalue weighted by molar-refractivity contribution is 7.90. The number of hydrogen-bond acceptors (Lipinski definition) is 8. The zero-order valence-electron chi connectivity index (χ0n) is 25.1. The van der Waals surface area contributed by atoms with Gasteiger partial charge in [0.05, 0.1) is 27.6 Å². The van der Waals surface area contributed by atoms with Gasteiger partial charge in [-0.1, -0.05) is 30.3 Å². The van der Waals surface area contributed by atoms with Gasteiger partial charge < -0.3 is 15.0 Å². The molecule has 1 amide bonds. The minimum atomic E-state index is -4.65. The quantitative estimate of drug-likeness (QED) is 0.304. The van der Waals surface area contributed by atoms with E-state index >= 15 is 0 Å². The van der Waals surface area contributed by atoms with E-state index in [1.807, 2.05) is 6.07 Å². The van der Waals surface area contributed by atoms with Gasteiger partial charge in [0.25, 0.3) is 15.9 Å². The van der Waals surface area contributed by atoms with Crippen molar-refractivity contribution < 1.29 is 31.1 Å². The maximum absolute atomic E-state index is 14.4. The summed E-state index contributed by atoms with van der Waals surface area (Å²) in [6.07, 6.45) is -3.84. The van der Waals surface area contributed by atoms with Crippen LogP contribution >= 0.6 is 0 Å². The Morgan fingerprint density at radius 2 is 1.70 bits per heavy atom. The molecule has 3 aromatic carbocycles. The van der Waals surface area contributed by atoms with Crippen LogP contribution in [0.1, 0.15) is 23.6 Å². The second kappa shape index (κ2) is 12.9. The smallest absolute Gasteiger partial charge is 0.422 e. The molecule has 246 valence electrons. The number of hydrogen-bond donors (Lipinski definition) is 1. The molecule has 1 unspecified atom stereocenters. The van der Waals surface area contributed by atoms with Crippen LogP contribution < -0.4 is 15.7 Å². The van der Waals surface area contributed by atoms with Gasteiger partial charge in [-0.3, -0.25) is 14.3 Å². The van der Waals surface area contributed by atoms with E-state index in [2.05, 4.69) is 10.2 Å². The van der Waals surface area contributed by atoms with E-state index in [4.69, 9.17) is 4.74 Å². The number of imidazole rings is 1. The van der Waals surface area contributed by atoms with Crippen LogP contribution in [0, 0.1) is 11.3 Å². The summed E-state index contributed by atoms with van der Waals surface area (Å²) in [4.78, 5) is 32.5. The average molecular weight is 669 g/mol. The average Bonchev–Trinajstić information content (AvgIpc) is 3.68. The first-order valence-corrected chi connectivity index (χ1v) is 16.4. The normalized spacial score (nSPS) is 18.3. The lowest BCUT2D eigenvalue weighted by molar-refractivity contribution is -0.153. The van der Waals surface area contributed by atoms with Crippen molar-refractivity contribution in [2.24, 2.45) is 0 Å². The zero-order valence-corrected chi connectivity index (χ0v) is 25.9. The lowest BCUT2D eigenvalue weighted by atomic mass is 10.0. The van der Waals surface area contributed by atoms with E-state index in [1.165, 1.54) is 18.2 Å². The summed E-state index contributed by atoms with van der Waals surface area (Å²) < 4.78 is 72.3. The van der Waals surface area contributed by atoms with Crippen LogP contribution in [0.2, 0.25) is 0 Å². The van der Waals surface area contributed by atoms with E-state index in [1.54, 1.807) is 35.2 Å². The number of nitriles is 1. The molecule has 0 saturated carbocycles. The molecule has 0 bridgehead atoms. The fourth-order valence-corrected chi connectivity index (χ4v) is 7.62. The topological polar surface area (TPSA) is 130 Å². The summed E-state index contributed by atoms with van der Waals surface area (Å²) in [6, 6.07) is 17.7. The predicted molar refractivity (Wildman–Crippen MR) is 165 cm³/mol. The highest BCUT2D eigenvalue weighted by atomic mass is 32.2. The first-order chi connectivity index (χ1) is 22.5. The molecule has 2 saturated heterocycles. The van der Waals surface area contributed by atoms with Gasteiger partial charge in [-0.2, -0.15) is 22.4 Å². The van der Waals surface area contributed by atoms with Crippen LogP contribution in [0.15, 0.2) is 82.5 Å². The molecule has 15 heteroatoms. The second-order valence-corrected chi connectivity index (χ2v) is 13.2. The van der Waals surface area contributed by atoms with Crippen molar-refractivity contribution in [2.75, 3.05) is 45.9 Å². The molecule has 2 aliphatic heterocycles. The first kappa shape index (κ1) is 32.3. The van der Waals surface area contributed by atoms with Gasteiger partial charge >= 0.3 is 11.9 Å². The van der Waals surface area contributed by atoms with Gasteiger partial charge in [-0.25, -0.2) is 13.2 Å². The molecular weight excluding hydrogens is 637 g/mol. The number of halogens is 3. The summed E-state index contributed by atoms with van der Waals surface area (Å²) in [6.45, 7) is 2.75. The van der Waals surface area contributed by atoms with Gasteiger partial charge in [-0.15, -0.1) is 0 Å². The molecule has 2 fully saturated rings. The summed E-state index contributed by atoms with van der Waals surface area (Å²) in [7, 11) is -4.65. The van der Waals surface area contributed by atoms with Crippen molar-refractivity contribution in [3.63, 3.8) is 0 Å². The minimum absolute atomic E-state index is 0.0582. The molecule has 2 atom stereocenters. The summed E-state index contributed by atoms with van der Waals surface area (Å²) in [5, 5.41) is 13.0. The van der Waals surface area contributed by atoms with Gasteiger partial charge in [0.15, 0.2) is 6.61 Å². The molecule has 0 spiro atoms. The molecule has 47 heavy (non-hydrogen) atoms. The van der Waals surface area contributed by atoms with E-state index in [0.717, 1.165) is 61.4 Å². The van der Waals surface area contributed by atoms with Crippen LogP contribution in [-0.4, -0.2) is 90.8 Å². The van der Waals surface area contributed by atoms with Crippen molar-refractivity contribution >= 4 is 27.0 Å². The third-order valence-corrected chi connectivity index (χ3v) is 10.2. The molecular formula is C32H31F3N6O5S. The van der Waals surface area contributed by atoms with E-state index in [0.29, 0.717) is 22.6 Å². The van der Waals surface area contributed by atoms with Gasteiger partial charge in [-0.05, 0) is 54.4 Å². The number of benzene rings is 3. The summed E-state index contributed by atoms with van der Waals surface area (Å²) in [5.41, 5.74) is -0.447. The summed E-state index contributed by atoms with van der Waals surface area (Å²) >= 11 is 0. The maximum atomic E-state index is 14.4. The van der Waals surface area contributed by atoms with Crippen LogP contribution in [0.4, 0.5) is 13.2 Å². The molecule has 1 N–H and O–H groups in total. The predicted octanol–water partition coefficient (Wildman–Crippen LogP) is 2.95. The zero-order chi connectivity index (χ0) is 33.3. The highest BCUT2D eigenvalue weighted by Gasteiger charge is 2.38. The van der Waals surface area contributed by atoms with Gasteiger partial charge in [0.1, 0.15) is 11.8 Å². The number of fused-ring (bicyclic) bond motifs is 1. The number of nitrogens with one attached hydrogen (secondary N) is 1. The number of piperazine rings is 1. The molecule has 3 heterocycles. The Morgan fingerprint density at radius 3 is 2.36 bits per heavy atom. The minimum Gasteiger partial charge on any atom is -0.484 e. The third kappa shape index (κ3) is 6.49. The van der Waals surface area contributed by atoms with Crippen molar-refractivity contribution in [1.29, 1.82) is 5.26 Å². The Bertz CT molecular complexity index is 1980. The van der Waals surface area contributed by atoms with Crippen molar-refractivity contribution in [2.45, 2.75) is 29.6 Å². The van der Waals surface area contributed by atoms with Crippen LogP contribution in [-0.2, 0) is 14.8 Å². The third-order valence-electron chi connectivity index (χ3n) is 8.48. The van der Waals surface area contributed by atoms with Crippen LogP contribution in [0.25, 0.3) is 11.0 Å². The number of aromatic nitrogens is 2. The SMILES string of the molecule is N#Cc1ccc2c(c1)n(C(C(=O)N1CC[C@H](N3CCNCC3)C1)c1ccccc1)c(=O)n2S(=O)(=O)c1ccc(OCC(F)(F)F)cc1. The molecule has 2 aliphatic rings. The molecule has 4 aromatic rings. The lowest BCUT2D eigenvalue weighted by Crippen LogP contribution is -2.49. The van der Waals surface area contributed by atoms with E-state index < -0.39 is 34.5 Å². The molecule has 1 aromatic heterocycles. The van der Waals surface area contributed by atoms with Gasteiger partial charge in [0, 0.05) is 45.3 Å². The van der Waals surface area contributed by atoms with E-state index in [9.17, 15) is 36.4 Å². The molecule has 11 nitrogen and oxygen atoms in total. The van der Waals surface area contributed by atoms with Crippen LogP contribution in [0.3, 0.4) is 0 Å². The summed E-state index contributed by atoms with van der Waals surface area (Å²) in [5.74, 6) is -0.602. The number of alkyl halides is 3. The number of nitrogens with zero attached hydrogens (tertiary/aromatic N) is 5. The van der Waals surface area contributed by atoms with Crippen molar-refractivity contribution in [1.82, 2.24) is 23.7 Å². The Morgan fingerprint density at radius 1 is 1.00 bits per heavy atom.